The van der Waals surface area contributed by atoms with Gasteiger partial charge < -0.3 is 20.1 Å². The van der Waals surface area contributed by atoms with Gasteiger partial charge in [-0.05, 0) is 42.0 Å². The smallest absolute Gasteiger partial charge is 0.293 e. The second kappa shape index (κ2) is 5.44. The maximum atomic E-state index is 12.4. The first-order chi connectivity index (χ1) is 10.6. The van der Waals surface area contributed by atoms with Crippen molar-refractivity contribution in [1.29, 1.82) is 0 Å². The minimum atomic E-state index is -0.214. The number of benzene rings is 2. The first kappa shape index (κ1) is 14.0. The summed E-state index contributed by atoms with van der Waals surface area (Å²) in [4.78, 5) is 13.9. The Morgan fingerprint density at radius 1 is 1.18 bits per heavy atom. The highest BCUT2D eigenvalue weighted by atomic mass is 16.5. The van der Waals surface area contributed by atoms with E-state index in [-0.39, 0.29) is 11.7 Å². The second-order valence-electron chi connectivity index (χ2n) is 4.98. The molecule has 22 heavy (non-hydrogen) atoms. The summed E-state index contributed by atoms with van der Waals surface area (Å²) >= 11 is 0. The first-order valence-corrected chi connectivity index (χ1v) is 6.79. The third-order valence-electron chi connectivity index (χ3n) is 3.49. The molecule has 2 aromatic carbocycles. The lowest BCUT2D eigenvalue weighted by atomic mass is 10.1. The van der Waals surface area contributed by atoms with Gasteiger partial charge in [-0.2, -0.15) is 0 Å². The largest absolute Gasteiger partial charge is 0.497 e. The Hall–Kier alpha value is -2.95. The van der Waals surface area contributed by atoms with E-state index in [9.17, 15) is 4.79 Å². The fraction of sp³-hybridized carbons (Fsp3) is 0.118. The summed E-state index contributed by atoms with van der Waals surface area (Å²) in [6.07, 6.45) is 1.71. The number of anilines is 2. The summed E-state index contributed by atoms with van der Waals surface area (Å²) in [6, 6.07) is 12.6. The fourth-order valence-electron chi connectivity index (χ4n) is 2.26. The number of hydrogen-bond donors (Lipinski definition) is 1. The zero-order valence-corrected chi connectivity index (χ0v) is 12.4. The summed E-state index contributed by atoms with van der Waals surface area (Å²) in [7, 11) is 3.31. The van der Waals surface area contributed by atoms with Gasteiger partial charge in [-0.1, -0.05) is 12.1 Å². The third kappa shape index (κ3) is 2.48. The van der Waals surface area contributed by atoms with Crippen molar-refractivity contribution < 1.29 is 14.3 Å². The van der Waals surface area contributed by atoms with E-state index in [0.29, 0.717) is 17.1 Å². The molecule has 0 aliphatic carbocycles. The Morgan fingerprint density at radius 2 is 1.91 bits per heavy atom. The van der Waals surface area contributed by atoms with Gasteiger partial charge in [-0.25, -0.2) is 0 Å². The molecule has 0 radical (unpaired) electrons. The van der Waals surface area contributed by atoms with Crippen LogP contribution in [0.2, 0.25) is 0 Å². The molecule has 1 heterocycles. The maximum absolute atomic E-state index is 12.4. The predicted molar refractivity (Wildman–Crippen MR) is 85.9 cm³/mol. The number of nitrogens with two attached hydrogens (primary N) is 1. The molecule has 2 aromatic rings. The van der Waals surface area contributed by atoms with Crippen LogP contribution in [0.4, 0.5) is 11.4 Å². The van der Waals surface area contributed by atoms with Gasteiger partial charge in [0.25, 0.3) is 5.91 Å². The van der Waals surface area contributed by atoms with Crippen LogP contribution in [0.1, 0.15) is 5.56 Å². The number of carbonyl (C=O) groups excluding carboxylic acids is 1. The molecule has 0 saturated heterocycles. The van der Waals surface area contributed by atoms with E-state index in [2.05, 4.69) is 0 Å². The Balaban J connectivity index is 1.96. The summed E-state index contributed by atoms with van der Waals surface area (Å²) in [5, 5.41) is 0. The van der Waals surface area contributed by atoms with Crippen LogP contribution in [0, 0.1) is 0 Å². The molecule has 5 nitrogen and oxygen atoms in total. The highest BCUT2D eigenvalue weighted by molar-refractivity contribution is 6.09. The molecule has 0 saturated carbocycles. The van der Waals surface area contributed by atoms with E-state index >= 15 is 0 Å². The number of nitrogen functional groups attached to an aromatic ring is 1. The molecule has 2 N–H and O–H groups in total. The zero-order valence-electron chi connectivity index (χ0n) is 12.4. The standard InChI is InChI=1S/C17H16N2O3/c1-19-14-10-12(18)5-8-15(14)22-16(17(19)20)9-11-3-6-13(21-2)7-4-11/h3-10H,18H2,1-2H3/b16-9+. The number of carbonyl (C=O) groups is 1. The highest BCUT2D eigenvalue weighted by Gasteiger charge is 2.27. The van der Waals surface area contributed by atoms with Crippen LogP contribution in [0.5, 0.6) is 11.5 Å². The van der Waals surface area contributed by atoms with Gasteiger partial charge in [0, 0.05) is 12.7 Å². The van der Waals surface area contributed by atoms with Crippen molar-refractivity contribution in [2.75, 3.05) is 24.8 Å². The normalized spacial score (nSPS) is 15.5. The van der Waals surface area contributed by atoms with Crippen molar-refractivity contribution in [1.82, 2.24) is 0 Å². The quantitative estimate of drug-likeness (QED) is 0.683. The summed E-state index contributed by atoms with van der Waals surface area (Å²) < 4.78 is 10.8. The molecule has 0 aromatic heterocycles. The predicted octanol–water partition coefficient (Wildman–Crippen LogP) is 2.67. The molecule has 0 atom stereocenters. The topological polar surface area (TPSA) is 64.8 Å². The number of likely N-dealkylation sites (N-methyl/N-ethyl adjacent to an activating group) is 1. The van der Waals surface area contributed by atoms with Crippen LogP contribution in [0.25, 0.3) is 6.08 Å². The Labute approximate surface area is 128 Å². The van der Waals surface area contributed by atoms with Crippen LogP contribution < -0.4 is 20.1 Å². The lowest BCUT2D eigenvalue weighted by Gasteiger charge is -2.27. The minimum absolute atomic E-state index is 0.214. The van der Waals surface area contributed by atoms with E-state index in [1.807, 2.05) is 24.3 Å². The monoisotopic (exact) mass is 296 g/mol. The van der Waals surface area contributed by atoms with Gasteiger partial charge in [0.2, 0.25) is 0 Å². The van der Waals surface area contributed by atoms with E-state index in [0.717, 1.165) is 11.3 Å². The van der Waals surface area contributed by atoms with E-state index < -0.39 is 0 Å². The van der Waals surface area contributed by atoms with Crippen molar-refractivity contribution in [3.8, 4) is 11.5 Å². The average molecular weight is 296 g/mol. The van der Waals surface area contributed by atoms with Crippen LogP contribution in [-0.4, -0.2) is 20.1 Å². The van der Waals surface area contributed by atoms with E-state index in [4.69, 9.17) is 15.2 Å². The van der Waals surface area contributed by atoms with Crippen molar-refractivity contribution in [2.45, 2.75) is 0 Å². The Bertz CT molecular complexity index is 751. The number of fused-ring (bicyclic) bond motifs is 1. The molecule has 3 rings (SSSR count). The third-order valence-corrected chi connectivity index (χ3v) is 3.49. The molecule has 1 amide bonds. The van der Waals surface area contributed by atoms with Crippen LogP contribution in [0.15, 0.2) is 48.2 Å². The summed E-state index contributed by atoms with van der Waals surface area (Å²) in [6.45, 7) is 0. The Kier molecular flexibility index (Phi) is 3.47. The molecule has 1 aliphatic rings. The van der Waals surface area contributed by atoms with Crippen LogP contribution >= 0.6 is 0 Å². The molecular weight excluding hydrogens is 280 g/mol. The van der Waals surface area contributed by atoms with E-state index in [1.165, 1.54) is 4.90 Å². The lowest BCUT2D eigenvalue weighted by Crippen LogP contribution is -2.33. The summed E-state index contributed by atoms with van der Waals surface area (Å²) in [5.74, 6) is 1.42. The SMILES string of the molecule is COc1ccc(/C=C2/Oc3ccc(N)cc3N(C)C2=O)cc1. The Morgan fingerprint density at radius 3 is 2.59 bits per heavy atom. The average Bonchev–Trinajstić information content (AvgIpc) is 2.54. The molecule has 0 spiro atoms. The van der Waals surface area contributed by atoms with Gasteiger partial charge in [-0.15, -0.1) is 0 Å². The number of methoxy groups -OCH3 is 1. The van der Waals surface area contributed by atoms with Crippen molar-refractivity contribution in [3.63, 3.8) is 0 Å². The molecule has 1 aliphatic heterocycles. The van der Waals surface area contributed by atoms with Crippen molar-refractivity contribution in [3.05, 3.63) is 53.8 Å². The lowest BCUT2D eigenvalue weighted by molar-refractivity contribution is -0.117. The van der Waals surface area contributed by atoms with Gasteiger partial charge >= 0.3 is 0 Å². The molecule has 5 heteroatoms. The number of ether oxygens (including phenoxy) is 2. The molecule has 0 fully saturated rings. The molecular formula is C17H16N2O3. The molecule has 0 bridgehead atoms. The maximum Gasteiger partial charge on any atom is 0.293 e. The molecule has 0 unspecified atom stereocenters. The van der Waals surface area contributed by atoms with Gasteiger partial charge in [-0.3, -0.25) is 4.79 Å². The van der Waals surface area contributed by atoms with Crippen molar-refractivity contribution in [2.24, 2.45) is 0 Å². The van der Waals surface area contributed by atoms with Gasteiger partial charge in [0.05, 0.1) is 12.8 Å². The highest BCUT2D eigenvalue weighted by Crippen LogP contribution is 2.36. The van der Waals surface area contributed by atoms with Crippen LogP contribution in [-0.2, 0) is 4.79 Å². The van der Waals surface area contributed by atoms with Crippen LogP contribution in [0.3, 0.4) is 0 Å². The zero-order chi connectivity index (χ0) is 15.7. The summed E-state index contributed by atoms with van der Waals surface area (Å²) in [5.41, 5.74) is 7.86. The number of nitrogens with zero attached hydrogens (tertiary/aromatic N) is 1. The van der Waals surface area contributed by atoms with E-state index in [1.54, 1.807) is 38.4 Å². The number of hydrogen-bond acceptors (Lipinski definition) is 4. The van der Waals surface area contributed by atoms with Gasteiger partial charge in [0.1, 0.15) is 5.75 Å². The first-order valence-electron chi connectivity index (χ1n) is 6.79. The number of rotatable bonds is 2. The number of amides is 1. The second-order valence-corrected chi connectivity index (χ2v) is 4.98. The van der Waals surface area contributed by atoms with Gasteiger partial charge in [0.15, 0.2) is 11.5 Å². The minimum Gasteiger partial charge on any atom is -0.497 e. The fourth-order valence-corrected chi connectivity index (χ4v) is 2.26. The van der Waals surface area contributed by atoms with Crippen molar-refractivity contribution >= 4 is 23.4 Å². The molecule has 112 valence electrons.